The molecule has 5 rings (SSSR count). The molecule has 0 amide bonds. The van der Waals surface area contributed by atoms with Crippen LogP contribution < -0.4 is 15.9 Å². The molecule has 0 aliphatic rings. The Kier molecular flexibility index (Phi) is 6.32. The second kappa shape index (κ2) is 9.86. The molecule has 8 nitrogen and oxygen atoms in total. The molecule has 0 N–H and O–H groups in total. The van der Waals surface area contributed by atoms with Gasteiger partial charge in [0.15, 0.2) is 0 Å². The first-order valence-electron chi connectivity index (χ1n) is 11.1. The number of hydrogen-bond donors (Lipinski definition) is 0. The summed E-state index contributed by atoms with van der Waals surface area (Å²) < 4.78 is 21.6. The second-order valence-corrected chi connectivity index (χ2v) is 8.05. The van der Waals surface area contributed by atoms with E-state index in [0.717, 1.165) is 10.8 Å². The van der Waals surface area contributed by atoms with Crippen LogP contribution in [0.2, 0.25) is 0 Å². The van der Waals surface area contributed by atoms with Gasteiger partial charge < -0.3 is 4.74 Å². The predicted octanol–water partition coefficient (Wildman–Crippen LogP) is 3.24. The van der Waals surface area contributed by atoms with Crippen molar-refractivity contribution >= 4 is 21.5 Å². The number of aromatic nitrogens is 4. The largest absolute Gasteiger partial charge is 0.492 e. The quantitative estimate of drug-likeness (QED) is 0.346. The van der Waals surface area contributed by atoms with E-state index in [-0.39, 0.29) is 36.9 Å². The summed E-state index contributed by atoms with van der Waals surface area (Å²) >= 11 is 0. The van der Waals surface area contributed by atoms with E-state index in [1.54, 1.807) is 48.8 Å². The predicted molar refractivity (Wildman–Crippen MR) is 131 cm³/mol. The van der Waals surface area contributed by atoms with Crippen LogP contribution in [0.25, 0.3) is 21.5 Å². The zero-order chi connectivity index (χ0) is 24.2. The van der Waals surface area contributed by atoms with Gasteiger partial charge in [-0.2, -0.15) is 10.2 Å². The van der Waals surface area contributed by atoms with E-state index in [1.807, 2.05) is 29.2 Å². The fraction of sp³-hybridized carbons (Fsp3) is 0.154. The van der Waals surface area contributed by atoms with Gasteiger partial charge in [-0.25, -0.2) is 13.8 Å². The van der Waals surface area contributed by atoms with Gasteiger partial charge in [0.05, 0.1) is 36.5 Å². The van der Waals surface area contributed by atoms with Crippen LogP contribution in [-0.4, -0.2) is 37.6 Å². The Morgan fingerprint density at radius 3 is 1.80 bits per heavy atom. The minimum atomic E-state index is -0.345. The minimum Gasteiger partial charge on any atom is -0.492 e. The van der Waals surface area contributed by atoms with Crippen molar-refractivity contribution in [1.82, 2.24) is 24.5 Å². The van der Waals surface area contributed by atoms with Crippen LogP contribution in [0.3, 0.4) is 0 Å². The molecule has 35 heavy (non-hydrogen) atoms. The van der Waals surface area contributed by atoms with Crippen molar-refractivity contribution in [3.05, 3.63) is 112 Å². The van der Waals surface area contributed by atoms with Crippen LogP contribution >= 0.6 is 0 Å². The third-order valence-corrected chi connectivity index (χ3v) is 5.68. The monoisotopic (exact) mass is 471 g/mol. The van der Waals surface area contributed by atoms with Crippen LogP contribution in [-0.2, 0) is 13.3 Å². The third-order valence-electron chi connectivity index (χ3n) is 5.68. The summed E-state index contributed by atoms with van der Waals surface area (Å²) in [6, 6.07) is 20.2. The number of fused-ring (bicyclic) bond motifs is 2. The molecule has 0 fully saturated rings. The number of nitrogens with zero attached hydrogens (tertiary/aromatic N) is 5. The summed E-state index contributed by atoms with van der Waals surface area (Å²) in [7, 11) is 0. The van der Waals surface area contributed by atoms with Crippen molar-refractivity contribution in [3.63, 3.8) is 0 Å². The molecule has 0 saturated heterocycles. The number of ether oxygens (including phenoxy) is 1. The van der Waals surface area contributed by atoms with Gasteiger partial charge in [-0.1, -0.05) is 36.4 Å². The number of halogens is 1. The zero-order valence-corrected chi connectivity index (χ0v) is 18.8. The smallest absolute Gasteiger partial charge is 0.275 e. The highest BCUT2D eigenvalue weighted by molar-refractivity contribution is 5.80. The SMILES string of the molecule is O=c1c2ccccc2cnn1CN(CCOc1ccc(F)cc1)Cn1ncc2ccccc2c1=O. The maximum Gasteiger partial charge on any atom is 0.275 e. The molecule has 176 valence electrons. The summed E-state index contributed by atoms with van der Waals surface area (Å²) in [5.74, 6) is 0.177. The summed E-state index contributed by atoms with van der Waals surface area (Å²) in [5.41, 5.74) is -0.460. The maximum absolute atomic E-state index is 13.2. The number of rotatable bonds is 8. The van der Waals surface area contributed by atoms with E-state index in [9.17, 15) is 14.0 Å². The van der Waals surface area contributed by atoms with Crippen molar-refractivity contribution in [2.24, 2.45) is 0 Å². The van der Waals surface area contributed by atoms with Crippen LogP contribution in [0.4, 0.5) is 4.39 Å². The van der Waals surface area contributed by atoms with Gasteiger partial charge >= 0.3 is 0 Å². The Balaban J connectivity index is 1.41. The molecule has 9 heteroatoms. The van der Waals surface area contributed by atoms with E-state index >= 15 is 0 Å². The lowest BCUT2D eigenvalue weighted by molar-refractivity contribution is 0.121. The highest BCUT2D eigenvalue weighted by Gasteiger charge is 2.13. The molecule has 0 bridgehead atoms. The fourth-order valence-corrected chi connectivity index (χ4v) is 3.85. The van der Waals surface area contributed by atoms with Crippen LogP contribution in [0.15, 0.2) is 94.8 Å². The highest BCUT2D eigenvalue weighted by atomic mass is 19.1. The van der Waals surface area contributed by atoms with Gasteiger partial charge in [-0.15, -0.1) is 0 Å². The standard InChI is InChI=1S/C26H22FN5O3/c27-21-9-11-22(12-10-21)35-14-13-30(17-31-25(33)23-7-3-1-5-19(23)15-28-31)18-32-26(34)24-8-4-2-6-20(24)16-29-32/h1-12,15-16H,13-14,17-18H2. The fourth-order valence-electron chi connectivity index (χ4n) is 3.85. The Bertz CT molecular complexity index is 1500. The van der Waals surface area contributed by atoms with Crippen molar-refractivity contribution < 1.29 is 9.13 Å². The Morgan fingerprint density at radius 2 is 1.26 bits per heavy atom. The molecule has 0 atom stereocenters. The summed E-state index contributed by atoms with van der Waals surface area (Å²) in [6.07, 6.45) is 3.29. The lowest BCUT2D eigenvalue weighted by Crippen LogP contribution is -2.40. The Labute approximate surface area is 199 Å². The van der Waals surface area contributed by atoms with Crippen LogP contribution in [0.5, 0.6) is 5.75 Å². The van der Waals surface area contributed by atoms with Crippen molar-refractivity contribution in [2.75, 3.05) is 13.2 Å². The van der Waals surface area contributed by atoms with Crippen LogP contribution in [0.1, 0.15) is 0 Å². The lowest BCUT2D eigenvalue weighted by Gasteiger charge is -2.23. The minimum absolute atomic E-state index is 0.122. The van der Waals surface area contributed by atoms with Gasteiger partial charge in [0.25, 0.3) is 11.1 Å². The van der Waals surface area contributed by atoms with Gasteiger partial charge in [-0.05, 0) is 36.4 Å². The molecule has 5 aromatic rings. The van der Waals surface area contributed by atoms with E-state index < -0.39 is 0 Å². The summed E-state index contributed by atoms with van der Waals surface area (Å²) in [5, 5.41) is 11.3. The second-order valence-electron chi connectivity index (χ2n) is 8.05. The van der Waals surface area contributed by atoms with E-state index in [0.29, 0.717) is 23.1 Å². The third kappa shape index (κ3) is 4.95. The van der Waals surface area contributed by atoms with Crippen molar-refractivity contribution in [1.29, 1.82) is 0 Å². The summed E-state index contributed by atoms with van der Waals surface area (Å²) in [4.78, 5) is 27.9. The first-order valence-corrected chi connectivity index (χ1v) is 11.1. The van der Waals surface area contributed by atoms with E-state index in [1.165, 1.54) is 21.5 Å². The van der Waals surface area contributed by atoms with Crippen molar-refractivity contribution in [2.45, 2.75) is 13.3 Å². The van der Waals surface area contributed by atoms with Gasteiger partial charge in [0.1, 0.15) is 18.2 Å². The first kappa shape index (κ1) is 22.4. The Morgan fingerprint density at radius 1 is 0.743 bits per heavy atom. The Hall–Kier alpha value is -4.37. The molecular weight excluding hydrogens is 449 g/mol. The van der Waals surface area contributed by atoms with Gasteiger partial charge in [-0.3, -0.25) is 14.5 Å². The van der Waals surface area contributed by atoms with Gasteiger partial charge in [0.2, 0.25) is 0 Å². The zero-order valence-electron chi connectivity index (χ0n) is 18.8. The van der Waals surface area contributed by atoms with Crippen LogP contribution in [0, 0.1) is 5.82 Å². The molecule has 0 spiro atoms. The number of benzene rings is 3. The molecule has 0 unspecified atom stereocenters. The van der Waals surface area contributed by atoms with Gasteiger partial charge in [0, 0.05) is 17.3 Å². The first-order chi connectivity index (χ1) is 17.1. The molecule has 0 aliphatic heterocycles. The summed E-state index contributed by atoms with van der Waals surface area (Å²) in [6.45, 7) is 0.852. The topological polar surface area (TPSA) is 82.2 Å². The molecule has 2 heterocycles. The average molecular weight is 471 g/mol. The van der Waals surface area contributed by atoms with E-state index in [2.05, 4.69) is 10.2 Å². The normalized spacial score (nSPS) is 11.4. The maximum atomic E-state index is 13.2. The number of hydrogen-bond acceptors (Lipinski definition) is 6. The molecule has 2 aromatic heterocycles. The lowest BCUT2D eigenvalue weighted by atomic mass is 10.2. The van der Waals surface area contributed by atoms with Crippen molar-refractivity contribution in [3.8, 4) is 5.75 Å². The molecular formula is C26H22FN5O3. The highest BCUT2D eigenvalue weighted by Crippen LogP contribution is 2.12. The molecule has 0 radical (unpaired) electrons. The molecule has 0 saturated carbocycles. The average Bonchev–Trinajstić information content (AvgIpc) is 2.88. The molecule has 3 aromatic carbocycles. The van der Waals surface area contributed by atoms with E-state index in [4.69, 9.17) is 4.74 Å². The molecule has 0 aliphatic carbocycles.